The third-order valence-electron chi connectivity index (χ3n) is 3.37. The molecule has 1 aromatic carbocycles. The van der Waals surface area contributed by atoms with Crippen molar-refractivity contribution in [1.29, 1.82) is 0 Å². The molecule has 25 heavy (non-hydrogen) atoms. The molecule has 0 bridgehead atoms. The lowest BCUT2D eigenvalue weighted by molar-refractivity contribution is -0.383. The Hall–Kier alpha value is -2.34. The van der Waals surface area contributed by atoms with Gasteiger partial charge in [-0.25, -0.2) is 15.0 Å². The highest BCUT2D eigenvalue weighted by atomic mass is 127. The summed E-state index contributed by atoms with van der Waals surface area (Å²) < 4.78 is 1.07. The number of nitrogens with one attached hydrogen (secondary N) is 2. The van der Waals surface area contributed by atoms with Gasteiger partial charge in [0.1, 0.15) is 6.33 Å². The molecule has 0 aliphatic carbocycles. The van der Waals surface area contributed by atoms with Crippen molar-refractivity contribution in [3.8, 4) is 0 Å². The van der Waals surface area contributed by atoms with Crippen molar-refractivity contribution in [2.24, 2.45) is 0 Å². The number of nitrogens with zero attached hydrogens (tertiary/aromatic N) is 4. The van der Waals surface area contributed by atoms with Crippen LogP contribution in [0.3, 0.4) is 0 Å². The summed E-state index contributed by atoms with van der Waals surface area (Å²) in [6, 6.07) is 7.45. The lowest BCUT2D eigenvalue weighted by atomic mass is 10.3. The lowest BCUT2D eigenvalue weighted by Crippen LogP contribution is -2.05. The summed E-state index contributed by atoms with van der Waals surface area (Å²) in [5.74, 6) is 0.218. The van der Waals surface area contributed by atoms with Gasteiger partial charge in [0.05, 0.1) is 10.6 Å². The quantitative estimate of drug-likeness (QED) is 0.322. The van der Waals surface area contributed by atoms with Gasteiger partial charge in [-0.3, -0.25) is 10.1 Å². The number of benzene rings is 1. The number of aryl methyl sites for hydroxylation is 2. The van der Waals surface area contributed by atoms with E-state index in [-0.39, 0.29) is 17.3 Å². The zero-order chi connectivity index (χ0) is 18.0. The number of nitro groups is 1. The summed E-state index contributed by atoms with van der Waals surface area (Å²) in [6.45, 7) is 3.82. The van der Waals surface area contributed by atoms with Gasteiger partial charge in [0.2, 0.25) is 11.6 Å². The Labute approximate surface area is 161 Å². The number of thiazole rings is 1. The van der Waals surface area contributed by atoms with Crippen molar-refractivity contribution >= 4 is 62.1 Å². The molecule has 0 atom stereocenters. The van der Waals surface area contributed by atoms with Crippen LogP contribution < -0.4 is 10.6 Å². The van der Waals surface area contributed by atoms with Crippen molar-refractivity contribution in [2.75, 3.05) is 10.6 Å². The number of halogens is 1. The Balaban J connectivity index is 1.96. The molecule has 0 spiro atoms. The Morgan fingerprint density at radius 1 is 1.12 bits per heavy atom. The second kappa shape index (κ2) is 7.27. The third-order valence-corrected chi connectivity index (χ3v) is 5.07. The number of anilines is 4. The lowest BCUT2D eigenvalue weighted by Gasteiger charge is -2.09. The first kappa shape index (κ1) is 17.5. The molecule has 3 aromatic rings. The minimum atomic E-state index is -0.509. The standard InChI is InChI=1S/C15H13IN6O2S/c1-8-9(2)25-15(19-8)21-14-12(22(23)24)13(17-7-18-14)20-11-5-3-10(16)4-6-11/h3-7H,1-2H3,(H2,17,18,19,20,21). The molecule has 8 nitrogen and oxygen atoms in total. The maximum Gasteiger partial charge on any atom is 0.353 e. The maximum atomic E-state index is 11.6. The summed E-state index contributed by atoms with van der Waals surface area (Å²) >= 11 is 3.60. The molecule has 0 saturated heterocycles. The maximum absolute atomic E-state index is 11.6. The van der Waals surface area contributed by atoms with Crippen LogP contribution in [0.15, 0.2) is 30.6 Å². The molecule has 2 N–H and O–H groups in total. The van der Waals surface area contributed by atoms with Crippen LogP contribution in [-0.4, -0.2) is 19.9 Å². The first-order chi connectivity index (χ1) is 11.9. The van der Waals surface area contributed by atoms with Gasteiger partial charge in [-0.15, -0.1) is 11.3 Å². The zero-order valence-electron chi connectivity index (χ0n) is 13.3. The molecule has 0 unspecified atom stereocenters. The molecule has 0 amide bonds. The average Bonchev–Trinajstić information content (AvgIpc) is 2.87. The van der Waals surface area contributed by atoms with Crippen LogP contribution >= 0.6 is 33.9 Å². The SMILES string of the molecule is Cc1nc(Nc2ncnc(Nc3ccc(I)cc3)c2[N+](=O)[O-])sc1C. The van der Waals surface area contributed by atoms with Gasteiger partial charge in [0, 0.05) is 14.1 Å². The van der Waals surface area contributed by atoms with Crippen LogP contribution in [0.2, 0.25) is 0 Å². The Kier molecular flexibility index (Phi) is 5.08. The van der Waals surface area contributed by atoms with Crippen molar-refractivity contribution < 1.29 is 4.92 Å². The van der Waals surface area contributed by atoms with Crippen LogP contribution in [0.1, 0.15) is 10.6 Å². The van der Waals surface area contributed by atoms with Gasteiger partial charge >= 0.3 is 5.69 Å². The van der Waals surface area contributed by atoms with Crippen molar-refractivity contribution in [3.63, 3.8) is 0 Å². The highest BCUT2D eigenvalue weighted by Crippen LogP contribution is 2.34. The molecule has 0 saturated carbocycles. The van der Waals surface area contributed by atoms with Crippen LogP contribution in [0, 0.1) is 27.5 Å². The summed E-state index contributed by atoms with van der Waals surface area (Å²) in [7, 11) is 0. The molecule has 0 fully saturated rings. The normalized spacial score (nSPS) is 10.5. The summed E-state index contributed by atoms with van der Waals surface area (Å²) in [5, 5.41) is 18.0. The van der Waals surface area contributed by atoms with E-state index in [9.17, 15) is 10.1 Å². The monoisotopic (exact) mass is 468 g/mol. The second-order valence-corrected chi connectivity index (χ2v) is 7.54. The third kappa shape index (κ3) is 4.02. The first-order valence-electron chi connectivity index (χ1n) is 7.17. The van der Waals surface area contributed by atoms with Gasteiger partial charge in [0.15, 0.2) is 5.13 Å². The smallest absolute Gasteiger partial charge is 0.334 e. The molecule has 2 heterocycles. The predicted molar refractivity (Wildman–Crippen MR) is 106 cm³/mol. The second-order valence-electron chi connectivity index (χ2n) is 5.09. The highest BCUT2D eigenvalue weighted by Gasteiger charge is 2.24. The van der Waals surface area contributed by atoms with Crippen molar-refractivity contribution in [2.45, 2.75) is 13.8 Å². The van der Waals surface area contributed by atoms with E-state index >= 15 is 0 Å². The summed E-state index contributed by atoms with van der Waals surface area (Å²) in [4.78, 5) is 24.5. The Bertz CT molecular complexity index is 909. The van der Waals surface area contributed by atoms with Crippen LogP contribution in [0.5, 0.6) is 0 Å². The van der Waals surface area contributed by atoms with Crippen LogP contribution in [0.4, 0.5) is 28.1 Å². The number of rotatable bonds is 5. The Morgan fingerprint density at radius 2 is 1.76 bits per heavy atom. The fraction of sp³-hybridized carbons (Fsp3) is 0.133. The molecule has 128 valence electrons. The van der Waals surface area contributed by atoms with Gasteiger partial charge in [-0.1, -0.05) is 0 Å². The highest BCUT2D eigenvalue weighted by molar-refractivity contribution is 14.1. The largest absolute Gasteiger partial charge is 0.353 e. The van der Waals surface area contributed by atoms with Gasteiger partial charge in [-0.05, 0) is 60.7 Å². The fourth-order valence-corrected chi connectivity index (χ4v) is 3.21. The molecule has 0 aliphatic heterocycles. The van der Waals surface area contributed by atoms with Crippen LogP contribution in [-0.2, 0) is 0 Å². The van der Waals surface area contributed by atoms with Crippen molar-refractivity contribution in [1.82, 2.24) is 15.0 Å². The Morgan fingerprint density at radius 3 is 2.32 bits per heavy atom. The van der Waals surface area contributed by atoms with Gasteiger partial charge < -0.3 is 10.6 Å². The topological polar surface area (TPSA) is 106 Å². The number of hydrogen-bond acceptors (Lipinski definition) is 8. The first-order valence-corrected chi connectivity index (χ1v) is 9.06. The number of hydrogen-bond donors (Lipinski definition) is 2. The van der Waals surface area contributed by atoms with E-state index in [2.05, 4.69) is 48.2 Å². The van der Waals surface area contributed by atoms with E-state index in [0.29, 0.717) is 10.8 Å². The minimum absolute atomic E-state index is 0.0989. The van der Waals surface area contributed by atoms with Gasteiger partial charge in [0.25, 0.3) is 0 Å². The summed E-state index contributed by atoms with van der Waals surface area (Å²) in [5.41, 5.74) is 1.35. The number of aromatic nitrogens is 3. The average molecular weight is 468 g/mol. The van der Waals surface area contributed by atoms with E-state index in [1.807, 2.05) is 38.1 Å². The molecular formula is C15H13IN6O2S. The van der Waals surface area contributed by atoms with Crippen LogP contribution in [0.25, 0.3) is 0 Å². The van der Waals surface area contributed by atoms with E-state index in [1.54, 1.807) is 0 Å². The van der Waals surface area contributed by atoms with E-state index in [1.165, 1.54) is 17.7 Å². The summed E-state index contributed by atoms with van der Waals surface area (Å²) in [6.07, 6.45) is 1.28. The molecule has 10 heteroatoms. The van der Waals surface area contributed by atoms with E-state index < -0.39 is 4.92 Å². The predicted octanol–water partition coefficient (Wildman–Crippen LogP) is 4.55. The van der Waals surface area contributed by atoms with E-state index in [4.69, 9.17) is 0 Å². The minimum Gasteiger partial charge on any atom is -0.334 e. The van der Waals surface area contributed by atoms with Crippen molar-refractivity contribution in [3.05, 3.63) is 54.8 Å². The van der Waals surface area contributed by atoms with Gasteiger partial charge in [-0.2, -0.15) is 0 Å². The zero-order valence-corrected chi connectivity index (χ0v) is 16.3. The molecule has 2 aromatic heterocycles. The molecule has 0 aliphatic rings. The molecule has 3 rings (SSSR count). The molecular weight excluding hydrogens is 455 g/mol. The van der Waals surface area contributed by atoms with E-state index in [0.717, 1.165) is 14.1 Å². The molecule has 0 radical (unpaired) electrons. The fourth-order valence-electron chi connectivity index (χ4n) is 2.03.